The summed E-state index contributed by atoms with van der Waals surface area (Å²) in [5, 5.41) is 0. The second kappa shape index (κ2) is 6.69. The van der Waals surface area contributed by atoms with Gasteiger partial charge in [-0.3, -0.25) is 4.90 Å². The zero-order valence-corrected chi connectivity index (χ0v) is 14.4. The van der Waals surface area contributed by atoms with Gasteiger partial charge in [0.15, 0.2) is 0 Å². The quantitative estimate of drug-likeness (QED) is 0.805. The van der Waals surface area contributed by atoms with Gasteiger partial charge in [0.05, 0.1) is 17.6 Å². The molecule has 2 fully saturated rings. The molecule has 0 amide bonds. The van der Waals surface area contributed by atoms with Gasteiger partial charge in [0.2, 0.25) is 0 Å². The molecule has 1 aromatic carbocycles. The highest BCUT2D eigenvalue weighted by Crippen LogP contribution is 2.40. The maximum Gasteiger partial charge on any atom is 0.124 e. The number of imidazole rings is 1. The number of ether oxygens (including phenoxy) is 1. The Hall–Kier alpha value is -1.65. The highest BCUT2D eigenvalue weighted by atomic mass is 16.5. The molecular formula is C20H27N3O. The summed E-state index contributed by atoms with van der Waals surface area (Å²) in [5.41, 5.74) is 2.85. The second-order valence-electron chi connectivity index (χ2n) is 7.30. The van der Waals surface area contributed by atoms with Crippen LogP contribution in [0.5, 0.6) is 0 Å². The number of fused-ring (bicyclic) bond motifs is 1. The number of para-hydroxylation sites is 2. The van der Waals surface area contributed by atoms with Crippen LogP contribution in [0.4, 0.5) is 0 Å². The number of aromatic nitrogens is 2. The Morgan fingerprint density at radius 2 is 1.88 bits per heavy atom. The van der Waals surface area contributed by atoms with Crippen molar-refractivity contribution in [3.8, 4) is 0 Å². The summed E-state index contributed by atoms with van der Waals surface area (Å²) in [6, 6.07) is 8.41. The molecule has 24 heavy (non-hydrogen) atoms. The van der Waals surface area contributed by atoms with Crippen LogP contribution in [-0.2, 0) is 17.8 Å². The largest absolute Gasteiger partial charge is 0.381 e. The van der Waals surface area contributed by atoms with Gasteiger partial charge in [0.1, 0.15) is 5.82 Å². The number of likely N-dealkylation sites (tertiary alicyclic amines) is 1. The van der Waals surface area contributed by atoms with Gasteiger partial charge in [0.25, 0.3) is 0 Å². The molecule has 0 unspecified atom stereocenters. The fraction of sp³-hybridized carbons (Fsp3) is 0.550. The lowest BCUT2D eigenvalue weighted by molar-refractivity contribution is -0.0222. The van der Waals surface area contributed by atoms with Crippen molar-refractivity contribution >= 4 is 11.0 Å². The smallest absolute Gasteiger partial charge is 0.124 e. The minimum Gasteiger partial charge on any atom is -0.381 e. The predicted molar refractivity (Wildman–Crippen MR) is 96.9 cm³/mol. The van der Waals surface area contributed by atoms with Crippen molar-refractivity contribution in [2.24, 2.45) is 5.41 Å². The number of hydrogen-bond acceptors (Lipinski definition) is 3. The van der Waals surface area contributed by atoms with Gasteiger partial charge in [-0.15, -0.1) is 6.58 Å². The van der Waals surface area contributed by atoms with Gasteiger partial charge >= 0.3 is 0 Å². The van der Waals surface area contributed by atoms with Crippen molar-refractivity contribution < 1.29 is 4.74 Å². The highest BCUT2D eigenvalue weighted by Gasteiger charge is 2.36. The van der Waals surface area contributed by atoms with Gasteiger partial charge in [-0.05, 0) is 56.3 Å². The number of hydrogen-bond donors (Lipinski definition) is 0. The SMILES string of the molecule is C=CCn1c(CN2CCC3(CCOCC3)CC2)nc2ccccc21. The summed E-state index contributed by atoms with van der Waals surface area (Å²) in [6.45, 7) is 9.94. The third kappa shape index (κ3) is 3.01. The Bertz CT molecular complexity index is 705. The van der Waals surface area contributed by atoms with E-state index in [0.29, 0.717) is 5.41 Å². The molecule has 128 valence electrons. The van der Waals surface area contributed by atoms with Crippen LogP contribution < -0.4 is 0 Å². The lowest BCUT2D eigenvalue weighted by Gasteiger charge is -2.44. The fourth-order valence-electron chi connectivity index (χ4n) is 4.27. The van der Waals surface area contributed by atoms with E-state index in [1.165, 1.54) is 50.1 Å². The number of rotatable bonds is 4. The minimum atomic E-state index is 0.552. The van der Waals surface area contributed by atoms with Crippen LogP contribution in [0, 0.1) is 5.41 Å². The molecular weight excluding hydrogens is 298 g/mol. The molecule has 4 rings (SSSR count). The Labute approximate surface area is 144 Å². The maximum absolute atomic E-state index is 5.56. The highest BCUT2D eigenvalue weighted by molar-refractivity contribution is 5.75. The summed E-state index contributed by atoms with van der Waals surface area (Å²) in [4.78, 5) is 7.45. The van der Waals surface area contributed by atoms with Crippen LogP contribution >= 0.6 is 0 Å². The van der Waals surface area contributed by atoms with Gasteiger partial charge < -0.3 is 9.30 Å². The van der Waals surface area contributed by atoms with Crippen LogP contribution in [-0.4, -0.2) is 40.8 Å². The van der Waals surface area contributed by atoms with Gasteiger partial charge in [-0.2, -0.15) is 0 Å². The molecule has 1 spiro atoms. The van der Waals surface area contributed by atoms with Gasteiger partial charge in [-0.25, -0.2) is 4.98 Å². The zero-order chi connectivity index (χ0) is 16.4. The molecule has 0 atom stereocenters. The number of piperidine rings is 1. The molecule has 1 aromatic heterocycles. The molecule has 0 bridgehead atoms. The van der Waals surface area contributed by atoms with Crippen LogP contribution in [0.2, 0.25) is 0 Å². The summed E-state index contributed by atoms with van der Waals surface area (Å²) >= 11 is 0. The van der Waals surface area contributed by atoms with E-state index < -0.39 is 0 Å². The number of nitrogens with zero attached hydrogens (tertiary/aromatic N) is 3. The molecule has 0 radical (unpaired) electrons. The van der Waals surface area contributed by atoms with Crippen molar-refractivity contribution in [3.63, 3.8) is 0 Å². The average Bonchev–Trinajstić information content (AvgIpc) is 2.96. The molecule has 3 heterocycles. The molecule has 4 heteroatoms. The summed E-state index contributed by atoms with van der Waals surface area (Å²) in [5.74, 6) is 1.17. The molecule has 4 nitrogen and oxygen atoms in total. The van der Waals surface area contributed by atoms with Crippen molar-refractivity contribution in [2.75, 3.05) is 26.3 Å². The van der Waals surface area contributed by atoms with Gasteiger partial charge in [-0.1, -0.05) is 18.2 Å². The van der Waals surface area contributed by atoms with E-state index >= 15 is 0 Å². The Morgan fingerprint density at radius 3 is 2.62 bits per heavy atom. The zero-order valence-electron chi connectivity index (χ0n) is 14.4. The Morgan fingerprint density at radius 1 is 1.12 bits per heavy atom. The fourth-order valence-corrected chi connectivity index (χ4v) is 4.27. The van der Waals surface area contributed by atoms with Gasteiger partial charge in [0, 0.05) is 19.8 Å². The number of benzene rings is 1. The first-order valence-electron chi connectivity index (χ1n) is 9.15. The molecule has 0 N–H and O–H groups in total. The van der Waals surface area contributed by atoms with E-state index in [0.717, 1.165) is 31.8 Å². The van der Waals surface area contributed by atoms with Crippen LogP contribution in [0.1, 0.15) is 31.5 Å². The van der Waals surface area contributed by atoms with E-state index in [1.54, 1.807) is 0 Å². The average molecular weight is 325 g/mol. The predicted octanol–water partition coefficient (Wildman–Crippen LogP) is 3.61. The molecule has 2 aromatic rings. The number of allylic oxidation sites excluding steroid dienone is 1. The normalized spacial score (nSPS) is 21.3. The third-order valence-corrected chi connectivity index (χ3v) is 5.88. The first-order valence-corrected chi connectivity index (χ1v) is 9.15. The van der Waals surface area contributed by atoms with E-state index in [9.17, 15) is 0 Å². The van der Waals surface area contributed by atoms with Crippen molar-refractivity contribution in [2.45, 2.75) is 38.8 Å². The molecule has 0 saturated carbocycles. The Balaban J connectivity index is 1.49. The first-order chi connectivity index (χ1) is 11.8. The van der Waals surface area contributed by atoms with Crippen molar-refractivity contribution in [1.82, 2.24) is 14.5 Å². The van der Waals surface area contributed by atoms with Crippen LogP contribution in [0.15, 0.2) is 36.9 Å². The first kappa shape index (κ1) is 15.9. The van der Waals surface area contributed by atoms with Crippen molar-refractivity contribution in [3.05, 3.63) is 42.7 Å². The van der Waals surface area contributed by atoms with E-state index in [4.69, 9.17) is 9.72 Å². The maximum atomic E-state index is 5.56. The summed E-state index contributed by atoms with van der Waals surface area (Å²) in [6.07, 6.45) is 7.06. The lowest BCUT2D eigenvalue weighted by atomic mass is 9.72. The summed E-state index contributed by atoms with van der Waals surface area (Å²) < 4.78 is 7.87. The minimum absolute atomic E-state index is 0.552. The summed E-state index contributed by atoms with van der Waals surface area (Å²) in [7, 11) is 0. The standard InChI is InChI=1S/C20H27N3O/c1-2-11-23-18-6-4-3-5-17(18)21-19(23)16-22-12-7-20(8-13-22)9-14-24-15-10-20/h2-6H,1,7-16H2. The molecule has 2 saturated heterocycles. The molecule has 2 aliphatic rings. The topological polar surface area (TPSA) is 30.3 Å². The molecule has 0 aliphatic carbocycles. The second-order valence-corrected chi connectivity index (χ2v) is 7.30. The van der Waals surface area contributed by atoms with E-state index in [1.807, 2.05) is 6.08 Å². The Kier molecular flexibility index (Phi) is 4.42. The third-order valence-electron chi connectivity index (χ3n) is 5.88. The van der Waals surface area contributed by atoms with Crippen LogP contribution in [0.3, 0.4) is 0 Å². The van der Waals surface area contributed by atoms with Crippen LogP contribution in [0.25, 0.3) is 11.0 Å². The molecule has 2 aliphatic heterocycles. The van der Waals surface area contributed by atoms with E-state index in [2.05, 4.69) is 40.3 Å². The lowest BCUT2D eigenvalue weighted by Crippen LogP contribution is -2.42. The van der Waals surface area contributed by atoms with E-state index in [-0.39, 0.29) is 0 Å². The van der Waals surface area contributed by atoms with Crippen molar-refractivity contribution in [1.29, 1.82) is 0 Å². The monoisotopic (exact) mass is 325 g/mol.